The Morgan fingerprint density at radius 2 is 1.68 bits per heavy atom. The maximum absolute atomic E-state index is 13.2. The molecule has 3 saturated heterocycles. The highest BCUT2D eigenvalue weighted by Crippen LogP contribution is 2.29. The number of carbonyl (C=O) groups is 2. The molecule has 0 atom stereocenters. The number of nitriles is 1. The van der Waals surface area contributed by atoms with E-state index in [2.05, 4.69) is 39.8 Å². The smallest absolute Gasteiger partial charge is 0.277 e. The quantitative estimate of drug-likeness (QED) is 0.300. The minimum absolute atomic E-state index is 0.00231. The van der Waals surface area contributed by atoms with Gasteiger partial charge in [0.25, 0.3) is 11.8 Å². The van der Waals surface area contributed by atoms with Crippen molar-refractivity contribution in [2.75, 3.05) is 44.2 Å². The number of amides is 2. The van der Waals surface area contributed by atoms with Gasteiger partial charge in [0.1, 0.15) is 17.9 Å². The highest BCUT2D eigenvalue weighted by molar-refractivity contribution is 6.31. The first kappa shape index (κ1) is 31.1. The number of rotatable bonds is 5. The Kier molecular flexibility index (Phi) is 8.79. The molecule has 0 spiro atoms. The first-order valence-corrected chi connectivity index (χ1v) is 16.6. The SMILES string of the molecule is N#Cc1ccc(OC2CCN(C(=O)c3ccc(N4CCC(N5CC(C#Cc6ccc7c(c6)CN(O)C7=O)C5)CC4)cc3)CC2)cc1Cl. The van der Waals surface area contributed by atoms with Gasteiger partial charge in [-0.1, -0.05) is 23.4 Å². The third-order valence-corrected chi connectivity index (χ3v) is 10.1. The molecule has 3 aromatic rings. The summed E-state index contributed by atoms with van der Waals surface area (Å²) in [7, 11) is 0. The number of hydrogen-bond donors (Lipinski definition) is 1. The molecule has 1 N–H and O–H groups in total. The van der Waals surface area contributed by atoms with Crippen LogP contribution in [0.1, 0.15) is 63.1 Å². The minimum atomic E-state index is -0.351. The van der Waals surface area contributed by atoms with Crippen molar-refractivity contribution in [1.82, 2.24) is 14.9 Å². The molecule has 2 amide bonds. The topological polar surface area (TPSA) is 100 Å². The second-order valence-electron chi connectivity index (χ2n) is 12.8. The molecule has 0 saturated carbocycles. The van der Waals surface area contributed by atoms with Gasteiger partial charge in [-0.2, -0.15) is 5.26 Å². The fraction of sp³-hybridized carbons (Fsp3) is 0.378. The second-order valence-corrected chi connectivity index (χ2v) is 13.2. The van der Waals surface area contributed by atoms with Crippen LogP contribution in [0.25, 0.3) is 0 Å². The molecule has 0 bridgehead atoms. The molecule has 240 valence electrons. The monoisotopic (exact) mass is 649 g/mol. The summed E-state index contributed by atoms with van der Waals surface area (Å²) in [6, 6.07) is 21.3. The van der Waals surface area contributed by atoms with E-state index in [1.165, 1.54) is 0 Å². The van der Waals surface area contributed by atoms with Crippen molar-refractivity contribution >= 4 is 29.1 Å². The van der Waals surface area contributed by atoms with Crippen molar-refractivity contribution in [2.45, 2.75) is 44.4 Å². The molecule has 4 aliphatic heterocycles. The normalized spacial score (nSPS) is 19.1. The van der Waals surface area contributed by atoms with Crippen molar-refractivity contribution in [2.24, 2.45) is 5.92 Å². The lowest BCUT2D eigenvalue weighted by Gasteiger charge is -2.46. The summed E-state index contributed by atoms with van der Waals surface area (Å²) in [5.41, 5.74) is 4.54. The summed E-state index contributed by atoms with van der Waals surface area (Å²) in [5, 5.41) is 19.8. The Labute approximate surface area is 279 Å². The van der Waals surface area contributed by atoms with E-state index in [4.69, 9.17) is 21.6 Å². The van der Waals surface area contributed by atoms with E-state index < -0.39 is 0 Å². The predicted molar refractivity (Wildman–Crippen MR) is 177 cm³/mol. The van der Waals surface area contributed by atoms with Crippen LogP contribution in [0, 0.1) is 29.1 Å². The number of hydroxylamine groups is 2. The number of hydrogen-bond acceptors (Lipinski definition) is 7. The van der Waals surface area contributed by atoms with Crippen LogP contribution < -0.4 is 9.64 Å². The Bertz CT molecular complexity index is 1770. The highest BCUT2D eigenvalue weighted by atomic mass is 35.5. The summed E-state index contributed by atoms with van der Waals surface area (Å²) in [6.07, 6.45) is 3.68. The number of piperidine rings is 2. The average molecular weight is 650 g/mol. The zero-order valence-electron chi connectivity index (χ0n) is 26.1. The molecule has 4 heterocycles. The van der Waals surface area contributed by atoms with Crippen LogP contribution in [0.15, 0.2) is 60.7 Å². The molecule has 0 aliphatic carbocycles. The number of carbonyl (C=O) groups excluding carboxylic acids is 2. The third kappa shape index (κ3) is 6.66. The highest BCUT2D eigenvalue weighted by Gasteiger charge is 2.34. The van der Waals surface area contributed by atoms with Crippen molar-refractivity contribution < 1.29 is 19.5 Å². The zero-order valence-corrected chi connectivity index (χ0v) is 26.8. The van der Waals surface area contributed by atoms with E-state index in [0.717, 1.165) is 73.7 Å². The number of halogens is 1. The van der Waals surface area contributed by atoms with E-state index in [9.17, 15) is 14.8 Å². The zero-order chi connectivity index (χ0) is 32.5. The third-order valence-electron chi connectivity index (χ3n) is 9.77. The van der Waals surface area contributed by atoms with E-state index in [0.29, 0.717) is 52.5 Å². The van der Waals surface area contributed by atoms with Gasteiger partial charge in [0.05, 0.1) is 17.1 Å². The van der Waals surface area contributed by atoms with Gasteiger partial charge in [-0.25, -0.2) is 5.06 Å². The van der Waals surface area contributed by atoms with E-state index in [-0.39, 0.29) is 24.5 Å². The lowest BCUT2D eigenvalue weighted by molar-refractivity contribution is -0.0579. The van der Waals surface area contributed by atoms with Crippen LogP contribution in [0.3, 0.4) is 0 Å². The standard InChI is InChI=1S/C37H36ClN5O4/c38-35-20-33(9-6-28(35)21-39)47-32-13-17-41(18-14-32)36(44)27-4-7-30(8-5-27)40-15-11-31(12-16-40)42-22-26(23-42)2-1-25-3-10-34-29(19-25)24-43(46)37(34)45/h3-10,19-20,26,31-32,46H,11-18,22-24H2. The molecule has 7 rings (SSSR count). The molecule has 3 fully saturated rings. The van der Waals surface area contributed by atoms with Crippen LogP contribution in [0.4, 0.5) is 5.69 Å². The van der Waals surface area contributed by atoms with Gasteiger partial charge < -0.3 is 14.5 Å². The van der Waals surface area contributed by atoms with Gasteiger partial charge in [0.15, 0.2) is 0 Å². The molecule has 4 aliphatic rings. The summed E-state index contributed by atoms with van der Waals surface area (Å²) in [6.45, 7) is 5.41. The molecule has 0 unspecified atom stereocenters. The van der Waals surface area contributed by atoms with Crippen molar-refractivity contribution in [3.05, 3.63) is 93.5 Å². The van der Waals surface area contributed by atoms with E-state index in [1.807, 2.05) is 29.2 Å². The van der Waals surface area contributed by atoms with Gasteiger partial charge >= 0.3 is 0 Å². The van der Waals surface area contributed by atoms with Gasteiger partial charge in [-0.15, -0.1) is 0 Å². The van der Waals surface area contributed by atoms with Crippen LogP contribution in [-0.4, -0.2) is 83.3 Å². The maximum Gasteiger partial charge on any atom is 0.277 e. The van der Waals surface area contributed by atoms with Crippen LogP contribution in [-0.2, 0) is 6.54 Å². The molecular weight excluding hydrogens is 614 g/mol. The summed E-state index contributed by atoms with van der Waals surface area (Å²) in [4.78, 5) is 32.0. The van der Waals surface area contributed by atoms with Gasteiger partial charge in [-0.3, -0.25) is 19.7 Å². The Balaban J connectivity index is 0.841. The van der Waals surface area contributed by atoms with Crippen molar-refractivity contribution in [3.8, 4) is 23.7 Å². The Morgan fingerprint density at radius 1 is 0.936 bits per heavy atom. The van der Waals surface area contributed by atoms with E-state index >= 15 is 0 Å². The minimum Gasteiger partial charge on any atom is -0.490 e. The summed E-state index contributed by atoms with van der Waals surface area (Å²) < 4.78 is 6.07. The lowest BCUT2D eigenvalue weighted by Crippen LogP contribution is -2.54. The molecule has 9 nitrogen and oxygen atoms in total. The first-order valence-electron chi connectivity index (χ1n) is 16.2. The number of fused-ring (bicyclic) bond motifs is 1. The fourth-order valence-electron chi connectivity index (χ4n) is 6.99. The Hall–Kier alpha value is -4.54. The van der Waals surface area contributed by atoms with Crippen LogP contribution >= 0.6 is 11.6 Å². The first-order chi connectivity index (χ1) is 22.8. The molecule has 0 radical (unpaired) electrons. The number of likely N-dealkylation sites (tertiary alicyclic amines) is 2. The molecule has 10 heteroatoms. The molecule has 3 aromatic carbocycles. The number of benzene rings is 3. The van der Waals surface area contributed by atoms with Crippen LogP contribution in [0.5, 0.6) is 5.75 Å². The van der Waals surface area contributed by atoms with Gasteiger partial charge in [0, 0.05) is 92.5 Å². The Morgan fingerprint density at radius 3 is 2.38 bits per heavy atom. The fourth-order valence-corrected chi connectivity index (χ4v) is 7.20. The molecule has 47 heavy (non-hydrogen) atoms. The summed E-state index contributed by atoms with van der Waals surface area (Å²) >= 11 is 6.14. The predicted octanol–water partition coefficient (Wildman–Crippen LogP) is 5.19. The van der Waals surface area contributed by atoms with Gasteiger partial charge in [-0.05, 0) is 73.0 Å². The average Bonchev–Trinajstić information content (AvgIpc) is 3.36. The summed E-state index contributed by atoms with van der Waals surface area (Å²) in [5.74, 6) is 7.35. The number of ether oxygens (including phenoxy) is 1. The van der Waals surface area contributed by atoms with Gasteiger partial charge in [0.2, 0.25) is 0 Å². The van der Waals surface area contributed by atoms with Crippen molar-refractivity contribution in [1.29, 1.82) is 5.26 Å². The largest absolute Gasteiger partial charge is 0.490 e. The van der Waals surface area contributed by atoms with E-state index in [1.54, 1.807) is 24.3 Å². The lowest BCUT2D eigenvalue weighted by atomic mass is 9.93. The number of anilines is 1. The maximum atomic E-state index is 13.2. The van der Waals surface area contributed by atoms with Crippen molar-refractivity contribution in [3.63, 3.8) is 0 Å². The molecular formula is C37H36ClN5O4. The number of nitrogens with zero attached hydrogens (tertiary/aromatic N) is 5. The van der Waals surface area contributed by atoms with Crippen LogP contribution in [0.2, 0.25) is 5.02 Å². The second kappa shape index (κ2) is 13.3. The molecule has 0 aromatic heterocycles.